The standard InChI is InChI=1S/C16H21NO2/c1-12(10-16(2,17)11-18)19-15-9-5-7-13-6-3-4-8-14(13)15/h3-9,12,18H,10-11,17H2,1-2H3. The molecule has 3 heteroatoms. The third-order valence-corrected chi connectivity index (χ3v) is 3.19. The number of hydrogen-bond acceptors (Lipinski definition) is 3. The van der Waals surface area contributed by atoms with E-state index in [0.29, 0.717) is 6.42 Å². The van der Waals surface area contributed by atoms with Crippen LogP contribution in [-0.2, 0) is 0 Å². The van der Waals surface area contributed by atoms with Gasteiger partial charge in [-0.2, -0.15) is 0 Å². The summed E-state index contributed by atoms with van der Waals surface area (Å²) in [5.41, 5.74) is 5.35. The van der Waals surface area contributed by atoms with E-state index in [1.807, 2.05) is 44.2 Å². The Labute approximate surface area is 114 Å². The van der Waals surface area contributed by atoms with Crippen LogP contribution in [0.25, 0.3) is 10.8 Å². The molecule has 19 heavy (non-hydrogen) atoms. The van der Waals surface area contributed by atoms with Crippen LogP contribution >= 0.6 is 0 Å². The minimum atomic E-state index is -0.607. The fourth-order valence-electron chi connectivity index (χ4n) is 2.28. The lowest BCUT2D eigenvalue weighted by atomic mass is 9.97. The third-order valence-electron chi connectivity index (χ3n) is 3.19. The zero-order valence-electron chi connectivity index (χ0n) is 11.5. The van der Waals surface area contributed by atoms with Crippen LogP contribution in [0, 0.1) is 0 Å². The number of nitrogens with two attached hydrogens (primary N) is 1. The molecular weight excluding hydrogens is 238 g/mol. The zero-order valence-corrected chi connectivity index (χ0v) is 11.5. The van der Waals surface area contributed by atoms with Crippen molar-refractivity contribution in [3.05, 3.63) is 42.5 Å². The summed E-state index contributed by atoms with van der Waals surface area (Å²) >= 11 is 0. The van der Waals surface area contributed by atoms with E-state index in [-0.39, 0.29) is 12.7 Å². The van der Waals surface area contributed by atoms with Crippen LogP contribution in [0.5, 0.6) is 5.75 Å². The van der Waals surface area contributed by atoms with Crippen LogP contribution in [-0.4, -0.2) is 23.4 Å². The molecule has 2 unspecified atom stereocenters. The van der Waals surface area contributed by atoms with Gasteiger partial charge in [-0.15, -0.1) is 0 Å². The van der Waals surface area contributed by atoms with Gasteiger partial charge in [0, 0.05) is 17.3 Å². The highest BCUT2D eigenvalue weighted by molar-refractivity contribution is 5.88. The topological polar surface area (TPSA) is 55.5 Å². The van der Waals surface area contributed by atoms with Crippen LogP contribution in [0.1, 0.15) is 20.3 Å². The van der Waals surface area contributed by atoms with Crippen LogP contribution in [0.15, 0.2) is 42.5 Å². The van der Waals surface area contributed by atoms with Gasteiger partial charge in [0.1, 0.15) is 5.75 Å². The van der Waals surface area contributed by atoms with Crippen molar-refractivity contribution in [2.24, 2.45) is 5.73 Å². The number of hydrogen-bond donors (Lipinski definition) is 2. The molecule has 0 saturated heterocycles. The average molecular weight is 259 g/mol. The van der Waals surface area contributed by atoms with Gasteiger partial charge < -0.3 is 15.6 Å². The Morgan fingerprint density at radius 3 is 2.63 bits per heavy atom. The van der Waals surface area contributed by atoms with E-state index in [0.717, 1.165) is 16.5 Å². The fraction of sp³-hybridized carbons (Fsp3) is 0.375. The first-order valence-corrected chi connectivity index (χ1v) is 6.56. The minimum absolute atomic E-state index is 0.0454. The number of aliphatic hydroxyl groups excluding tert-OH is 1. The van der Waals surface area contributed by atoms with Gasteiger partial charge in [-0.05, 0) is 25.3 Å². The van der Waals surface area contributed by atoms with Crippen LogP contribution in [0.4, 0.5) is 0 Å². The lowest BCUT2D eigenvalue weighted by molar-refractivity contribution is 0.135. The van der Waals surface area contributed by atoms with Crippen molar-refractivity contribution in [1.82, 2.24) is 0 Å². The van der Waals surface area contributed by atoms with Gasteiger partial charge in [-0.25, -0.2) is 0 Å². The van der Waals surface area contributed by atoms with Crippen molar-refractivity contribution < 1.29 is 9.84 Å². The molecule has 0 saturated carbocycles. The lowest BCUT2D eigenvalue weighted by Gasteiger charge is -2.26. The van der Waals surface area contributed by atoms with Gasteiger partial charge in [0.15, 0.2) is 0 Å². The SMILES string of the molecule is CC(CC(C)(N)CO)Oc1cccc2ccccc12. The molecule has 2 atom stereocenters. The van der Waals surface area contributed by atoms with Crippen molar-refractivity contribution in [2.45, 2.75) is 31.9 Å². The van der Waals surface area contributed by atoms with Crippen molar-refractivity contribution in [2.75, 3.05) is 6.61 Å². The van der Waals surface area contributed by atoms with E-state index in [9.17, 15) is 5.11 Å². The maximum absolute atomic E-state index is 9.20. The van der Waals surface area contributed by atoms with Gasteiger partial charge in [-0.3, -0.25) is 0 Å². The molecule has 0 fully saturated rings. The van der Waals surface area contributed by atoms with Gasteiger partial charge in [0.05, 0.1) is 12.7 Å². The van der Waals surface area contributed by atoms with Crippen molar-refractivity contribution in [3.8, 4) is 5.75 Å². The lowest BCUT2D eigenvalue weighted by Crippen LogP contribution is -2.43. The highest BCUT2D eigenvalue weighted by atomic mass is 16.5. The largest absolute Gasteiger partial charge is 0.490 e. The molecule has 2 aromatic carbocycles. The normalized spacial score (nSPS) is 16.0. The molecule has 2 rings (SSSR count). The Kier molecular flexibility index (Phi) is 4.08. The third kappa shape index (κ3) is 3.46. The number of benzene rings is 2. The molecule has 3 nitrogen and oxygen atoms in total. The summed E-state index contributed by atoms with van der Waals surface area (Å²) < 4.78 is 5.97. The first kappa shape index (κ1) is 13.8. The Bertz CT molecular complexity index is 546. The number of fused-ring (bicyclic) bond motifs is 1. The van der Waals surface area contributed by atoms with Crippen molar-refractivity contribution >= 4 is 10.8 Å². The molecule has 0 aromatic heterocycles. The molecule has 0 heterocycles. The summed E-state index contributed by atoms with van der Waals surface area (Å²) in [4.78, 5) is 0. The second-order valence-corrected chi connectivity index (χ2v) is 5.42. The number of aliphatic hydroxyl groups is 1. The molecule has 102 valence electrons. The van der Waals surface area contributed by atoms with Gasteiger partial charge in [-0.1, -0.05) is 36.4 Å². The van der Waals surface area contributed by atoms with Crippen LogP contribution in [0.3, 0.4) is 0 Å². The predicted molar refractivity (Wildman–Crippen MR) is 78.3 cm³/mol. The molecule has 0 spiro atoms. The molecule has 0 aliphatic carbocycles. The second-order valence-electron chi connectivity index (χ2n) is 5.42. The summed E-state index contributed by atoms with van der Waals surface area (Å²) in [6.07, 6.45) is 0.556. The Hall–Kier alpha value is -1.58. The first-order valence-electron chi connectivity index (χ1n) is 6.56. The molecule has 0 aliphatic heterocycles. The average Bonchev–Trinajstić information content (AvgIpc) is 2.38. The Balaban J connectivity index is 2.17. The van der Waals surface area contributed by atoms with Crippen LogP contribution < -0.4 is 10.5 Å². The molecule has 2 aromatic rings. The predicted octanol–water partition coefficient (Wildman–Crippen LogP) is 2.71. The quantitative estimate of drug-likeness (QED) is 0.868. The van der Waals surface area contributed by atoms with E-state index >= 15 is 0 Å². The summed E-state index contributed by atoms with van der Waals surface area (Å²) in [6, 6.07) is 14.1. The highest BCUT2D eigenvalue weighted by Gasteiger charge is 2.21. The highest BCUT2D eigenvalue weighted by Crippen LogP contribution is 2.27. The van der Waals surface area contributed by atoms with E-state index in [2.05, 4.69) is 12.1 Å². The number of rotatable bonds is 5. The summed E-state index contributed by atoms with van der Waals surface area (Å²) in [7, 11) is 0. The Morgan fingerprint density at radius 2 is 1.89 bits per heavy atom. The number of ether oxygens (including phenoxy) is 1. The molecule has 0 aliphatic rings. The van der Waals surface area contributed by atoms with E-state index in [1.165, 1.54) is 0 Å². The first-order chi connectivity index (χ1) is 9.02. The maximum Gasteiger partial charge on any atom is 0.127 e. The smallest absolute Gasteiger partial charge is 0.127 e. The van der Waals surface area contributed by atoms with E-state index in [1.54, 1.807) is 0 Å². The molecule has 0 bridgehead atoms. The van der Waals surface area contributed by atoms with Gasteiger partial charge in [0.25, 0.3) is 0 Å². The molecule has 3 N–H and O–H groups in total. The van der Waals surface area contributed by atoms with Gasteiger partial charge in [0.2, 0.25) is 0 Å². The Morgan fingerprint density at radius 1 is 1.21 bits per heavy atom. The maximum atomic E-state index is 9.20. The van der Waals surface area contributed by atoms with E-state index < -0.39 is 5.54 Å². The zero-order chi connectivity index (χ0) is 13.9. The van der Waals surface area contributed by atoms with Gasteiger partial charge >= 0.3 is 0 Å². The van der Waals surface area contributed by atoms with Crippen LogP contribution in [0.2, 0.25) is 0 Å². The second kappa shape index (κ2) is 5.59. The summed E-state index contributed by atoms with van der Waals surface area (Å²) in [6.45, 7) is 3.76. The summed E-state index contributed by atoms with van der Waals surface area (Å²) in [5, 5.41) is 11.5. The molecule has 0 radical (unpaired) electrons. The van der Waals surface area contributed by atoms with Crippen molar-refractivity contribution in [1.29, 1.82) is 0 Å². The summed E-state index contributed by atoms with van der Waals surface area (Å²) in [5.74, 6) is 0.860. The molecular formula is C16H21NO2. The van der Waals surface area contributed by atoms with E-state index in [4.69, 9.17) is 10.5 Å². The van der Waals surface area contributed by atoms with Crippen molar-refractivity contribution in [3.63, 3.8) is 0 Å². The monoisotopic (exact) mass is 259 g/mol. The fourth-order valence-corrected chi connectivity index (χ4v) is 2.28. The minimum Gasteiger partial charge on any atom is -0.490 e. The molecule has 0 amide bonds.